The fraction of sp³-hybridized carbons (Fsp3) is 0.235. The normalized spacial score (nSPS) is 14.6. The average molecular weight is 344 g/mol. The number of fused-ring (bicyclic) bond motifs is 1. The second-order valence-electron chi connectivity index (χ2n) is 5.47. The molecule has 0 aliphatic carbocycles. The summed E-state index contributed by atoms with van der Waals surface area (Å²) >= 11 is 1.27. The maximum atomic E-state index is 12.7. The third-order valence-corrected chi connectivity index (χ3v) is 4.71. The number of nitrogens with zero attached hydrogens (tertiary/aromatic N) is 1. The van der Waals surface area contributed by atoms with Crippen molar-refractivity contribution < 1.29 is 19.1 Å². The third kappa shape index (κ3) is 3.03. The van der Waals surface area contributed by atoms with Crippen molar-refractivity contribution in [3.63, 3.8) is 0 Å². The second kappa shape index (κ2) is 6.45. The lowest BCUT2D eigenvalue weighted by Crippen LogP contribution is -2.47. The van der Waals surface area contributed by atoms with Gasteiger partial charge in [-0.25, -0.2) is 4.79 Å². The quantitative estimate of drug-likeness (QED) is 0.869. The highest BCUT2D eigenvalue weighted by Crippen LogP contribution is 2.29. The zero-order valence-corrected chi connectivity index (χ0v) is 14.1. The van der Waals surface area contributed by atoms with Crippen LogP contribution in [0.2, 0.25) is 0 Å². The summed E-state index contributed by atoms with van der Waals surface area (Å²) < 4.78 is 5.29. The molecule has 0 radical (unpaired) electrons. The van der Waals surface area contributed by atoms with E-state index in [4.69, 9.17) is 4.74 Å². The Balaban J connectivity index is 1.78. The molecule has 24 heavy (non-hydrogen) atoms. The molecule has 0 spiro atoms. The van der Waals surface area contributed by atoms with Crippen LogP contribution in [0.3, 0.4) is 0 Å². The molecule has 6 nitrogen and oxygen atoms in total. The first-order valence-corrected chi connectivity index (χ1v) is 8.30. The molecule has 2 aromatic rings. The van der Waals surface area contributed by atoms with E-state index in [2.05, 4.69) is 5.32 Å². The van der Waals surface area contributed by atoms with Gasteiger partial charge >= 0.3 is 5.97 Å². The summed E-state index contributed by atoms with van der Waals surface area (Å²) in [6, 6.07) is 8.83. The zero-order valence-electron chi connectivity index (χ0n) is 13.2. The summed E-state index contributed by atoms with van der Waals surface area (Å²) in [5, 5.41) is 4.51. The molecule has 2 amide bonds. The first-order chi connectivity index (χ1) is 11.5. The highest BCUT2D eigenvalue weighted by Gasteiger charge is 2.31. The monoisotopic (exact) mass is 344 g/mol. The number of hydrogen-bond donors (Lipinski definition) is 1. The Hall–Kier alpha value is -2.67. The van der Waals surface area contributed by atoms with Crippen LogP contribution in [0.15, 0.2) is 35.7 Å². The van der Waals surface area contributed by atoms with Gasteiger partial charge in [0.25, 0.3) is 5.91 Å². The summed E-state index contributed by atoms with van der Waals surface area (Å²) in [6.07, 6.45) is -0.988. The van der Waals surface area contributed by atoms with Gasteiger partial charge in [0.15, 0.2) is 6.10 Å². The number of thiophene rings is 1. The molecular weight excluding hydrogens is 328 g/mol. The molecule has 1 aromatic heterocycles. The first kappa shape index (κ1) is 16.2. The predicted molar refractivity (Wildman–Crippen MR) is 91.4 cm³/mol. The van der Waals surface area contributed by atoms with E-state index < -0.39 is 18.0 Å². The molecule has 1 aliphatic heterocycles. The number of aryl methyl sites for hydroxylation is 1. The van der Waals surface area contributed by atoms with Crippen LogP contribution in [0.25, 0.3) is 0 Å². The van der Waals surface area contributed by atoms with E-state index in [1.165, 1.54) is 23.2 Å². The smallest absolute Gasteiger partial charge is 0.349 e. The van der Waals surface area contributed by atoms with E-state index in [-0.39, 0.29) is 12.5 Å². The molecule has 3 rings (SSSR count). The van der Waals surface area contributed by atoms with Crippen LogP contribution in [0.4, 0.5) is 11.4 Å². The van der Waals surface area contributed by atoms with Crippen molar-refractivity contribution in [1.29, 1.82) is 0 Å². The van der Waals surface area contributed by atoms with Gasteiger partial charge in [0, 0.05) is 0 Å². The third-order valence-electron chi connectivity index (χ3n) is 3.72. The van der Waals surface area contributed by atoms with E-state index in [1.807, 2.05) is 13.0 Å². The van der Waals surface area contributed by atoms with Gasteiger partial charge in [0.2, 0.25) is 5.91 Å². The highest BCUT2D eigenvalue weighted by atomic mass is 32.1. The van der Waals surface area contributed by atoms with Crippen molar-refractivity contribution in [2.75, 3.05) is 16.8 Å². The van der Waals surface area contributed by atoms with Crippen LogP contribution < -0.4 is 10.2 Å². The largest absolute Gasteiger partial charge is 0.448 e. The Morgan fingerprint density at radius 3 is 2.75 bits per heavy atom. The van der Waals surface area contributed by atoms with Gasteiger partial charge in [0.05, 0.1) is 11.4 Å². The zero-order chi connectivity index (χ0) is 17.3. The lowest BCUT2D eigenvalue weighted by Gasteiger charge is -2.30. The molecule has 124 valence electrons. The van der Waals surface area contributed by atoms with Gasteiger partial charge in [-0.05, 0) is 43.0 Å². The molecule has 0 saturated heterocycles. The molecule has 2 heterocycles. The highest BCUT2D eigenvalue weighted by molar-refractivity contribution is 7.12. The number of para-hydroxylation sites is 2. The van der Waals surface area contributed by atoms with Crippen LogP contribution in [0, 0.1) is 6.92 Å². The van der Waals surface area contributed by atoms with Gasteiger partial charge in [-0.3, -0.25) is 14.5 Å². The van der Waals surface area contributed by atoms with E-state index >= 15 is 0 Å². The molecule has 0 unspecified atom stereocenters. The van der Waals surface area contributed by atoms with Gasteiger partial charge in [0.1, 0.15) is 11.4 Å². The number of esters is 1. The number of ether oxygens (including phenoxy) is 1. The fourth-order valence-corrected chi connectivity index (χ4v) is 3.30. The Morgan fingerprint density at radius 2 is 2.04 bits per heavy atom. The lowest BCUT2D eigenvalue weighted by molar-refractivity contribution is -0.128. The van der Waals surface area contributed by atoms with Crippen LogP contribution in [0.5, 0.6) is 0 Å². The Kier molecular flexibility index (Phi) is 4.35. The summed E-state index contributed by atoms with van der Waals surface area (Å²) in [4.78, 5) is 38.5. The van der Waals surface area contributed by atoms with Crippen LogP contribution in [-0.2, 0) is 14.3 Å². The molecule has 0 fully saturated rings. The van der Waals surface area contributed by atoms with Crippen molar-refractivity contribution in [3.8, 4) is 0 Å². The second-order valence-corrected chi connectivity index (χ2v) is 6.39. The minimum atomic E-state index is -0.988. The van der Waals surface area contributed by atoms with Gasteiger partial charge < -0.3 is 10.1 Å². The van der Waals surface area contributed by atoms with Crippen LogP contribution in [-0.4, -0.2) is 30.4 Å². The Morgan fingerprint density at radius 1 is 1.29 bits per heavy atom. The van der Waals surface area contributed by atoms with Crippen molar-refractivity contribution >= 4 is 40.5 Å². The fourth-order valence-electron chi connectivity index (χ4n) is 2.50. The summed E-state index contributed by atoms with van der Waals surface area (Å²) in [5.74, 6) is -1.24. The van der Waals surface area contributed by atoms with E-state index in [0.717, 1.165) is 5.56 Å². The van der Waals surface area contributed by atoms with E-state index in [0.29, 0.717) is 16.3 Å². The predicted octanol–water partition coefficient (Wildman–Crippen LogP) is 2.59. The number of benzene rings is 1. The van der Waals surface area contributed by atoms with Crippen LogP contribution in [0.1, 0.15) is 22.2 Å². The number of carbonyl (C=O) groups excluding carboxylic acids is 3. The van der Waals surface area contributed by atoms with Gasteiger partial charge in [-0.1, -0.05) is 12.1 Å². The average Bonchev–Trinajstić information content (AvgIpc) is 2.99. The van der Waals surface area contributed by atoms with Crippen LogP contribution >= 0.6 is 11.3 Å². The Bertz CT molecular complexity index is 814. The summed E-state index contributed by atoms with van der Waals surface area (Å²) in [5.41, 5.74) is 1.97. The first-order valence-electron chi connectivity index (χ1n) is 7.42. The molecule has 1 N–H and O–H groups in total. The molecule has 1 aromatic carbocycles. The maximum absolute atomic E-state index is 12.7. The number of amides is 2. The minimum Gasteiger partial charge on any atom is -0.448 e. The molecular formula is C17H16N2O4S. The number of rotatable bonds is 3. The molecule has 7 heteroatoms. The number of carbonyl (C=O) groups is 3. The lowest BCUT2D eigenvalue weighted by atomic mass is 10.1. The van der Waals surface area contributed by atoms with Crippen molar-refractivity contribution in [2.24, 2.45) is 0 Å². The number of anilines is 2. The molecule has 0 bridgehead atoms. The minimum absolute atomic E-state index is 0.101. The summed E-state index contributed by atoms with van der Waals surface area (Å²) in [7, 11) is 0. The number of hydrogen-bond acceptors (Lipinski definition) is 5. The van der Waals surface area contributed by atoms with Gasteiger partial charge in [-0.15, -0.1) is 11.3 Å². The van der Waals surface area contributed by atoms with Crippen molar-refractivity contribution in [3.05, 3.63) is 46.2 Å². The van der Waals surface area contributed by atoms with E-state index in [1.54, 1.807) is 29.6 Å². The van der Waals surface area contributed by atoms with Gasteiger partial charge in [-0.2, -0.15) is 0 Å². The SMILES string of the molecule is Cc1ccsc1C(=O)O[C@@H](C)C(=O)N1CC(=O)Nc2ccccc21. The van der Waals surface area contributed by atoms with Crippen molar-refractivity contribution in [2.45, 2.75) is 20.0 Å². The van der Waals surface area contributed by atoms with Crippen molar-refractivity contribution in [1.82, 2.24) is 0 Å². The maximum Gasteiger partial charge on any atom is 0.349 e. The molecule has 1 aliphatic rings. The van der Waals surface area contributed by atoms with E-state index in [9.17, 15) is 14.4 Å². The molecule has 0 saturated carbocycles. The molecule has 1 atom stereocenters. The Labute approximate surface area is 143 Å². The standard InChI is InChI=1S/C17H16N2O4S/c1-10-7-8-24-15(10)17(22)23-11(2)16(21)19-9-14(20)18-12-5-3-4-6-13(12)19/h3-8,11H,9H2,1-2H3,(H,18,20)/t11-/m0/s1. The topological polar surface area (TPSA) is 75.7 Å². The summed E-state index contributed by atoms with van der Waals surface area (Å²) in [6.45, 7) is 3.22. The number of nitrogens with one attached hydrogen (secondary N) is 1.